The number of rotatable bonds is 5. The molecule has 0 unspecified atom stereocenters. The second kappa shape index (κ2) is 6.73. The molecule has 0 saturated carbocycles. The maximum absolute atomic E-state index is 11.3. The zero-order valence-electron chi connectivity index (χ0n) is 13.8. The second-order valence-electron chi connectivity index (χ2n) is 6.27. The summed E-state index contributed by atoms with van der Waals surface area (Å²) in [6, 6.07) is 29.0. The summed E-state index contributed by atoms with van der Waals surface area (Å²) in [6.07, 6.45) is 0. The van der Waals surface area contributed by atoms with Crippen LogP contribution in [-0.4, -0.2) is 5.01 Å². The van der Waals surface area contributed by atoms with Crippen LogP contribution in [0.25, 0.3) is 21.5 Å². The van der Waals surface area contributed by atoms with Gasteiger partial charge in [0.15, 0.2) is 0 Å². The first-order valence-electron chi connectivity index (χ1n) is 8.35. The standard InChI is InChI=1S/C22H18N2O/c25-23-24(15-17-9-11-19-5-1-3-7-21(19)13-17)16-18-10-12-20-6-2-4-8-22(20)14-18/h1-14H,15-16H2. The average molecular weight is 326 g/mol. The first-order valence-corrected chi connectivity index (χ1v) is 8.35. The summed E-state index contributed by atoms with van der Waals surface area (Å²) in [5.74, 6) is 0. The highest BCUT2D eigenvalue weighted by atomic mass is 16.3. The van der Waals surface area contributed by atoms with E-state index in [0.29, 0.717) is 13.1 Å². The minimum atomic E-state index is 0.501. The van der Waals surface area contributed by atoms with Crippen LogP contribution in [0.2, 0.25) is 0 Å². The van der Waals surface area contributed by atoms with Gasteiger partial charge < -0.3 is 0 Å². The van der Waals surface area contributed by atoms with E-state index in [9.17, 15) is 4.91 Å². The van der Waals surface area contributed by atoms with Crippen molar-refractivity contribution in [1.82, 2.24) is 5.01 Å². The Balaban J connectivity index is 1.55. The largest absolute Gasteiger partial charge is 0.252 e. The third kappa shape index (κ3) is 3.36. The lowest BCUT2D eigenvalue weighted by Gasteiger charge is -2.16. The molecule has 0 bridgehead atoms. The number of benzene rings is 4. The van der Waals surface area contributed by atoms with Crippen LogP contribution in [0.5, 0.6) is 0 Å². The van der Waals surface area contributed by atoms with Crippen molar-refractivity contribution in [3.05, 3.63) is 101 Å². The molecule has 4 aromatic rings. The van der Waals surface area contributed by atoms with Crippen LogP contribution in [0.3, 0.4) is 0 Å². The third-order valence-electron chi connectivity index (χ3n) is 4.47. The molecule has 3 nitrogen and oxygen atoms in total. The fourth-order valence-electron chi connectivity index (χ4n) is 3.21. The van der Waals surface area contributed by atoms with Crippen LogP contribution in [0, 0.1) is 4.91 Å². The van der Waals surface area contributed by atoms with Gasteiger partial charge in [0.2, 0.25) is 0 Å². The highest BCUT2D eigenvalue weighted by Gasteiger charge is 2.07. The molecule has 0 atom stereocenters. The Bertz CT molecular complexity index is 961. The minimum Gasteiger partial charge on any atom is -0.252 e. The van der Waals surface area contributed by atoms with Crippen LogP contribution in [-0.2, 0) is 13.1 Å². The maximum Gasteiger partial charge on any atom is 0.0646 e. The van der Waals surface area contributed by atoms with Crippen LogP contribution < -0.4 is 0 Å². The van der Waals surface area contributed by atoms with Crippen LogP contribution in [0.4, 0.5) is 0 Å². The van der Waals surface area contributed by atoms with Gasteiger partial charge in [-0.15, -0.1) is 4.91 Å². The Kier molecular flexibility index (Phi) is 4.13. The molecule has 0 aliphatic heterocycles. The molecule has 0 fully saturated rings. The van der Waals surface area contributed by atoms with E-state index >= 15 is 0 Å². The van der Waals surface area contributed by atoms with Crippen molar-refractivity contribution in [1.29, 1.82) is 0 Å². The zero-order valence-corrected chi connectivity index (χ0v) is 13.8. The third-order valence-corrected chi connectivity index (χ3v) is 4.47. The minimum absolute atomic E-state index is 0.501. The lowest BCUT2D eigenvalue weighted by Crippen LogP contribution is -2.15. The van der Waals surface area contributed by atoms with Crippen molar-refractivity contribution in [2.75, 3.05) is 0 Å². The number of fused-ring (bicyclic) bond motifs is 2. The predicted octanol–water partition coefficient (Wildman–Crippen LogP) is 5.68. The molecule has 4 rings (SSSR count). The zero-order chi connectivity index (χ0) is 17.1. The molecule has 0 radical (unpaired) electrons. The molecule has 3 heteroatoms. The van der Waals surface area contributed by atoms with Crippen molar-refractivity contribution in [2.24, 2.45) is 5.29 Å². The molecule has 4 aromatic carbocycles. The molecule has 0 aliphatic carbocycles. The van der Waals surface area contributed by atoms with Gasteiger partial charge in [-0.1, -0.05) is 72.8 Å². The Labute approximate surface area is 146 Å². The van der Waals surface area contributed by atoms with E-state index in [1.807, 2.05) is 24.3 Å². The molecule has 0 aromatic heterocycles. The van der Waals surface area contributed by atoms with Crippen LogP contribution in [0.1, 0.15) is 11.1 Å². The summed E-state index contributed by atoms with van der Waals surface area (Å²) < 4.78 is 0. The number of hydrogen-bond donors (Lipinski definition) is 0. The van der Waals surface area contributed by atoms with Gasteiger partial charge in [0.25, 0.3) is 0 Å². The summed E-state index contributed by atoms with van der Waals surface area (Å²) in [5, 5.41) is 9.54. The maximum atomic E-state index is 11.3. The fraction of sp³-hybridized carbons (Fsp3) is 0.0909. The van der Waals surface area contributed by atoms with Gasteiger partial charge in [-0.05, 0) is 44.8 Å². The van der Waals surface area contributed by atoms with E-state index in [0.717, 1.165) is 11.1 Å². The highest BCUT2D eigenvalue weighted by molar-refractivity contribution is 5.83. The average Bonchev–Trinajstić information content (AvgIpc) is 2.67. The molecular weight excluding hydrogens is 308 g/mol. The van der Waals surface area contributed by atoms with Crippen molar-refractivity contribution in [3.8, 4) is 0 Å². The normalized spacial score (nSPS) is 10.9. The molecule has 0 spiro atoms. The van der Waals surface area contributed by atoms with E-state index in [-0.39, 0.29) is 0 Å². The monoisotopic (exact) mass is 326 g/mol. The Morgan fingerprint density at radius 3 is 1.48 bits per heavy atom. The molecule has 0 amide bonds. The van der Waals surface area contributed by atoms with Gasteiger partial charge in [-0.3, -0.25) is 5.01 Å². The Morgan fingerprint density at radius 2 is 1.04 bits per heavy atom. The molecule has 0 saturated heterocycles. The van der Waals surface area contributed by atoms with Crippen molar-refractivity contribution in [2.45, 2.75) is 13.1 Å². The summed E-state index contributed by atoms with van der Waals surface area (Å²) in [7, 11) is 0. The lowest BCUT2D eigenvalue weighted by molar-refractivity contribution is 0.267. The van der Waals surface area contributed by atoms with Crippen molar-refractivity contribution in [3.63, 3.8) is 0 Å². The number of hydrogen-bond acceptors (Lipinski definition) is 2. The molecule has 0 heterocycles. The second-order valence-corrected chi connectivity index (χ2v) is 6.27. The van der Waals surface area contributed by atoms with Gasteiger partial charge in [0.1, 0.15) is 0 Å². The summed E-state index contributed by atoms with van der Waals surface area (Å²) in [4.78, 5) is 11.3. The first kappa shape index (κ1) is 15.3. The van der Waals surface area contributed by atoms with Crippen molar-refractivity contribution >= 4 is 21.5 Å². The summed E-state index contributed by atoms with van der Waals surface area (Å²) in [6.45, 7) is 1.00. The Morgan fingerprint density at radius 1 is 0.600 bits per heavy atom. The van der Waals surface area contributed by atoms with Gasteiger partial charge >= 0.3 is 0 Å². The predicted molar refractivity (Wildman–Crippen MR) is 103 cm³/mol. The first-order chi connectivity index (χ1) is 12.3. The number of nitrogens with zero attached hydrogens (tertiary/aromatic N) is 2. The van der Waals surface area contributed by atoms with E-state index in [1.54, 1.807) is 5.01 Å². The Hall–Kier alpha value is -3.20. The molecule has 122 valence electrons. The number of nitroso groups, excluding NO2 is 1. The van der Waals surface area contributed by atoms with Gasteiger partial charge in [-0.25, -0.2) is 0 Å². The van der Waals surface area contributed by atoms with E-state index in [2.05, 4.69) is 65.9 Å². The van der Waals surface area contributed by atoms with Crippen LogP contribution >= 0.6 is 0 Å². The topological polar surface area (TPSA) is 32.7 Å². The lowest BCUT2D eigenvalue weighted by atomic mass is 10.1. The molecule has 0 aliphatic rings. The summed E-state index contributed by atoms with van der Waals surface area (Å²) >= 11 is 0. The SMILES string of the molecule is O=NN(Cc1ccc2ccccc2c1)Cc1ccc2ccccc2c1. The smallest absolute Gasteiger partial charge is 0.0646 e. The van der Waals surface area contributed by atoms with E-state index < -0.39 is 0 Å². The van der Waals surface area contributed by atoms with E-state index in [1.165, 1.54) is 21.5 Å². The molecule has 0 N–H and O–H groups in total. The molecular formula is C22H18N2O. The van der Waals surface area contributed by atoms with Crippen molar-refractivity contribution < 1.29 is 0 Å². The molecule has 25 heavy (non-hydrogen) atoms. The van der Waals surface area contributed by atoms with Crippen LogP contribution in [0.15, 0.2) is 90.2 Å². The van der Waals surface area contributed by atoms with Gasteiger partial charge in [-0.2, -0.15) is 0 Å². The quantitative estimate of drug-likeness (QED) is 0.349. The summed E-state index contributed by atoms with van der Waals surface area (Å²) in [5.41, 5.74) is 2.16. The highest BCUT2D eigenvalue weighted by Crippen LogP contribution is 2.20. The van der Waals surface area contributed by atoms with E-state index in [4.69, 9.17) is 0 Å². The van der Waals surface area contributed by atoms with Gasteiger partial charge in [0.05, 0.1) is 18.4 Å². The van der Waals surface area contributed by atoms with Gasteiger partial charge in [0, 0.05) is 0 Å². The fourth-order valence-corrected chi connectivity index (χ4v) is 3.21.